The number of halogens is 2. The fourth-order valence-corrected chi connectivity index (χ4v) is 10.1. The minimum absolute atomic E-state index is 0. The Morgan fingerprint density at radius 2 is 1.92 bits per heavy atom. The molecule has 1 atom stereocenters. The van der Waals surface area contributed by atoms with Gasteiger partial charge in [0.05, 0.1) is 0 Å². The van der Waals surface area contributed by atoms with Crippen LogP contribution in [0, 0.1) is 0 Å². The quantitative estimate of drug-likeness (QED) is 0.538. The SMILES string of the molecule is C[Si](C)(C)OCC(=O)Nc1cccc2c1C1=C([CH]2[Ti+2])[Si]1(C)C.[Cl-].[Cl-]. The Labute approximate surface area is 170 Å². The smallest absolute Gasteiger partial charge is 1.00 e. The third-order valence-corrected chi connectivity index (χ3v) is 10.2. The number of hydrogen-bond acceptors (Lipinski definition) is 2. The van der Waals surface area contributed by atoms with Gasteiger partial charge in [-0.25, -0.2) is 0 Å². The van der Waals surface area contributed by atoms with Crippen molar-refractivity contribution in [1.29, 1.82) is 0 Å². The molecule has 1 aromatic carbocycles. The summed E-state index contributed by atoms with van der Waals surface area (Å²) >= 11 is 2.29. The third-order valence-electron chi connectivity index (χ3n) is 4.36. The Kier molecular flexibility index (Phi) is 6.82. The monoisotopic (exact) mass is 434 g/mol. The Bertz CT molecular complexity index is 702. The molecule has 3 rings (SSSR count). The molecule has 1 aromatic rings. The van der Waals surface area contributed by atoms with E-state index in [1.807, 2.05) is 12.1 Å². The molecule has 1 N–H and O–H groups in total. The summed E-state index contributed by atoms with van der Waals surface area (Å²) in [5.41, 5.74) is 3.65. The molecule has 0 radical (unpaired) electrons. The number of allylic oxidation sites excluding steroid dienone is 1. The van der Waals surface area contributed by atoms with Crippen LogP contribution in [0.4, 0.5) is 5.69 Å². The first-order valence-corrected chi connectivity index (χ1v) is 15.0. The minimum Gasteiger partial charge on any atom is -1.00 e. The molecular weight excluding hydrogens is 413 g/mol. The third kappa shape index (κ3) is 3.93. The van der Waals surface area contributed by atoms with Crippen molar-refractivity contribution < 1.29 is 54.5 Å². The molecule has 8 heteroatoms. The van der Waals surface area contributed by atoms with E-state index in [-0.39, 0.29) is 37.3 Å². The number of carbonyl (C=O) groups excluding carboxylic acids is 1. The van der Waals surface area contributed by atoms with Crippen LogP contribution in [-0.2, 0) is 29.7 Å². The summed E-state index contributed by atoms with van der Waals surface area (Å²) in [4.78, 5) is 12.2. The van der Waals surface area contributed by atoms with Crippen LogP contribution in [0.25, 0.3) is 5.20 Å². The van der Waals surface area contributed by atoms with Gasteiger partial charge in [-0.2, -0.15) is 0 Å². The predicted molar refractivity (Wildman–Crippen MR) is 91.5 cm³/mol. The minimum atomic E-state index is -1.66. The van der Waals surface area contributed by atoms with Crippen molar-refractivity contribution >= 4 is 33.2 Å². The number of hydrogen-bond donors (Lipinski definition) is 1. The van der Waals surface area contributed by atoms with Crippen LogP contribution < -0.4 is 30.1 Å². The van der Waals surface area contributed by atoms with Crippen molar-refractivity contribution in [2.45, 2.75) is 37.0 Å². The number of nitrogens with one attached hydrogen (secondary N) is 1. The van der Waals surface area contributed by atoms with Crippen LogP contribution in [0.1, 0.15) is 15.3 Å². The first kappa shape index (κ1) is 22.2. The second-order valence-corrected chi connectivity index (χ2v) is 17.3. The van der Waals surface area contributed by atoms with E-state index in [1.54, 1.807) is 10.4 Å². The van der Waals surface area contributed by atoms with Crippen LogP contribution in [0.5, 0.6) is 0 Å². The zero-order valence-electron chi connectivity index (χ0n) is 14.6. The number of rotatable bonds is 4. The van der Waals surface area contributed by atoms with Crippen molar-refractivity contribution in [2.24, 2.45) is 0 Å². The van der Waals surface area contributed by atoms with Gasteiger partial charge in [-0.1, -0.05) is 0 Å². The summed E-state index contributed by atoms with van der Waals surface area (Å²) in [6.07, 6.45) is 0. The van der Waals surface area contributed by atoms with E-state index >= 15 is 0 Å². The average molecular weight is 435 g/mol. The molecule has 0 fully saturated rings. The van der Waals surface area contributed by atoms with Crippen LogP contribution in [0.3, 0.4) is 0 Å². The Morgan fingerprint density at radius 3 is 2.50 bits per heavy atom. The molecule has 0 bridgehead atoms. The zero-order chi connectivity index (χ0) is 16.3. The topological polar surface area (TPSA) is 38.3 Å². The zero-order valence-corrected chi connectivity index (χ0v) is 19.7. The molecule has 1 aliphatic heterocycles. The molecule has 0 aromatic heterocycles. The van der Waals surface area contributed by atoms with Crippen LogP contribution in [-0.4, -0.2) is 28.9 Å². The molecule has 2 aliphatic rings. The van der Waals surface area contributed by atoms with Crippen LogP contribution >= 0.6 is 0 Å². The van der Waals surface area contributed by atoms with Crippen molar-refractivity contribution in [3.05, 3.63) is 34.5 Å². The number of fused-ring (bicyclic) bond motifs is 2. The fourth-order valence-electron chi connectivity index (χ4n) is 3.27. The predicted octanol–water partition coefficient (Wildman–Crippen LogP) is -2.36. The molecule has 3 nitrogen and oxygen atoms in total. The second-order valence-electron chi connectivity index (χ2n) is 7.57. The van der Waals surface area contributed by atoms with Crippen molar-refractivity contribution in [1.82, 2.24) is 0 Å². The standard InChI is InChI=1S/C16H22NO2Si2.2ClH.Ti/c1-20(2,3)19-10-14(18)17-12-8-6-7-11-9-13-16(15(11)12)21(13,4)5;;;/h6-9H,10H2,1-5H3,(H,17,18);2*1H;/q;;;+2/p-2. The molecular formula is C16H22Cl2NO2Si2Ti. The number of benzene rings is 1. The van der Waals surface area contributed by atoms with Crippen LogP contribution in [0.15, 0.2) is 23.4 Å². The molecule has 24 heavy (non-hydrogen) atoms. The Hall–Kier alpha value is 0.118. The summed E-state index contributed by atoms with van der Waals surface area (Å²) in [6, 6.07) is 6.27. The number of anilines is 1. The molecule has 1 aliphatic carbocycles. The first-order valence-electron chi connectivity index (χ1n) is 7.66. The summed E-state index contributed by atoms with van der Waals surface area (Å²) in [7, 11) is -2.95. The van der Waals surface area contributed by atoms with E-state index in [4.69, 9.17) is 4.43 Å². The second kappa shape index (κ2) is 7.39. The summed E-state index contributed by atoms with van der Waals surface area (Å²) in [6.45, 7) is 11.3. The first-order chi connectivity index (χ1) is 10.1. The molecule has 129 valence electrons. The molecule has 0 spiro atoms. The molecule has 0 saturated heterocycles. The van der Waals surface area contributed by atoms with Gasteiger partial charge in [-0.05, 0) is 0 Å². The summed E-state index contributed by atoms with van der Waals surface area (Å²) in [5, 5.41) is 6.31. The van der Waals surface area contributed by atoms with E-state index in [0.29, 0.717) is 4.22 Å². The van der Waals surface area contributed by atoms with Gasteiger partial charge in [0.25, 0.3) is 0 Å². The number of carbonyl (C=O) groups is 1. The maximum absolute atomic E-state index is 12.2. The largest absolute Gasteiger partial charge is 1.00 e. The van der Waals surface area contributed by atoms with E-state index in [9.17, 15) is 4.79 Å². The van der Waals surface area contributed by atoms with Gasteiger partial charge < -0.3 is 24.8 Å². The van der Waals surface area contributed by atoms with E-state index in [2.05, 4.69) is 64.6 Å². The van der Waals surface area contributed by atoms with Gasteiger partial charge >= 0.3 is 146 Å². The van der Waals surface area contributed by atoms with Gasteiger partial charge in [-0.15, -0.1) is 0 Å². The summed E-state index contributed by atoms with van der Waals surface area (Å²) in [5.74, 6) is -0.0438. The van der Waals surface area contributed by atoms with Crippen molar-refractivity contribution in [3.8, 4) is 0 Å². The maximum atomic E-state index is 12.2. The molecule has 1 heterocycles. The molecule has 1 amide bonds. The van der Waals surface area contributed by atoms with E-state index < -0.39 is 16.4 Å². The van der Waals surface area contributed by atoms with Gasteiger partial charge in [0, 0.05) is 0 Å². The number of amides is 1. The maximum Gasteiger partial charge on any atom is -1.00 e. The van der Waals surface area contributed by atoms with Gasteiger partial charge in [0.15, 0.2) is 0 Å². The van der Waals surface area contributed by atoms with E-state index in [0.717, 1.165) is 5.69 Å². The van der Waals surface area contributed by atoms with Crippen molar-refractivity contribution in [2.75, 3.05) is 11.9 Å². The van der Waals surface area contributed by atoms with Gasteiger partial charge in [-0.3, -0.25) is 0 Å². The van der Waals surface area contributed by atoms with E-state index in [1.165, 1.54) is 11.1 Å². The van der Waals surface area contributed by atoms with Gasteiger partial charge in [0.2, 0.25) is 0 Å². The van der Waals surface area contributed by atoms with Crippen molar-refractivity contribution in [3.63, 3.8) is 0 Å². The molecule has 0 saturated carbocycles. The molecule has 1 unspecified atom stereocenters. The fraction of sp³-hybridized carbons (Fsp3) is 0.438. The Morgan fingerprint density at radius 1 is 1.29 bits per heavy atom. The Balaban J connectivity index is 0.00000144. The van der Waals surface area contributed by atoms with Crippen LogP contribution in [0.2, 0.25) is 32.7 Å². The normalized spacial score (nSPS) is 19.7. The van der Waals surface area contributed by atoms with Gasteiger partial charge in [0.1, 0.15) is 0 Å². The summed E-state index contributed by atoms with van der Waals surface area (Å²) < 4.78 is 6.23. The average Bonchev–Trinajstić information content (AvgIpc) is 2.80.